The molecule has 0 unspecified atom stereocenters. The van der Waals surface area contributed by atoms with Crippen molar-refractivity contribution in [2.24, 2.45) is 0 Å². The number of rotatable bonds is 3. The normalized spacial score (nSPS) is 10.5. The minimum Gasteiger partial charge on any atom is -0.373 e. The fourth-order valence-electron chi connectivity index (χ4n) is 1.99. The molecule has 0 atom stereocenters. The third-order valence-corrected chi connectivity index (χ3v) is 4.24. The smallest absolute Gasteiger partial charge is 0.126 e. The van der Waals surface area contributed by atoms with Gasteiger partial charge in [-0.1, -0.05) is 0 Å². The van der Waals surface area contributed by atoms with E-state index in [1.54, 1.807) is 17.5 Å². The monoisotopic (exact) mass is 282 g/mol. The van der Waals surface area contributed by atoms with Crippen molar-refractivity contribution in [2.45, 2.75) is 6.92 Å². The summed E-state index contributed by atoms with van der Waals surface area (Å²) in [6.07, 6.45) is 5.42. The lowest BCUT2D eigenvalue weighted by Crippen LogP contribution is -1.91. The number of nitrogens with one attached hydrogen (secondary N) is 1. The van der Waals surface area contributed by atoms with Crippen LogP contribution in [0.15, 0.2) is 42.9 Å². The minimum atomic E-state index is 0.859. The Morgan fingerprint density at radius 1 is 1.15 bits per heavy atom. The molecule has 0 amide bonds. The van der Waals surface area contributed by atoms with Gasteiger partial charge in [0, 0.05) is 31.2 Å². The number of anilines is 1. The molecule has 20 heavy (non-hydrogen) atoms. The van der Waals surface area contributed by atoms with Crippen LogP contribution in [0.3, 0.4) is 0 Å². The van der Waals surface area contributed by atoms with E-state index < -0.39 is 0 Å². The van der Waals surface area contributed by atoms with Gasteiger partial charge in [0.2, 0.25) is 0 Å². The molecule has 0 aliphatic carbocycles. The standard InChI is InChI=1S/C15H14N4S/c1-10-14(11-5-7-18-13(8-11)16-2)20-15(19-10)12-4-3-6-17-9-12/h3-9H,1-2H3,(H,16,18). The van der Waals surface area contributed by atoms with Crippen LogP contribution in [0.1, 0.15) is 5.69 Å². The van der Waals surface area contributed by atoms with Crippen LogP contribution in [0.25, 0.3) is 21.0 Å². The third kappa shape index (κ3) is 2.40. The van der Waals surface area contributed by atoms with E-state index in [0.717, 1.165) is 27.6 Å². The van der Waals surface area contributed by atoms with Crippen molar-refractivity contribution in [3.05, 3.63) is 48.5 Å². The van der Waals surface area contributed by atoms with E-state index in [0.29, 0.717) is 0 Å². The van der Waals surface area contributed by atoms with Crippen molar-refractivity contribution in [3.63, 3.8) is 0 Å². The lowest BCUT2D eigenvalue weighted by atomic mass is 10.2. The SMILES string of the molecule is CNc1cc(-c2sc(-c3cccnc3)nc2C)ccn1. The maximum absolute atomic E-state index is 4.65. The highest BCUT2D eigenvalue weighted by Gasteiger charge is 2.11. The van der Waals surface area contributed by atoms with Gasteiger partial charge < -0.3 is 5.32 Å². The van der Waals surface area contributed by atoms with Crippen molar-refractivity contribution >= 4 is 17.2 Å². The van der Waals surface area contributed by atoms with Gasteiger partial charge in [-0.3, -0.25) is 4.98 Å². The first-order chi connectivity index (χ1) is 9.78. The van der Waals surface area contributed by atoms with Gasteiger partial charge in [-0.2, -0.15) is 0 Å². The number of aromatic nitrogens is 3. The molecule has 0 fully saturated rings. The first-order valence-electron chi connectivity index (χ1n) is 6.30. The highest BCUT2D eigenvalue weighted by atomic mass is 32.1. The van der Waals surface area contributed by atoms with Crippen molar-refractivity contribution in [2.75, 3.05) is 12.4 Å². The van der Waals surface area contributed by atoms with E-state index >= 15 is 0 Å². The second kappa shape index (κ2) is 5.38. The van der Waals surface area contributed by atoms with Crippen LogP contribution in [0.5, 0.6) is 0 Å². The molecule has 3 aromatic heterocycles. The Hall–Kier alpha value is -2.27. The average Bonchev–Trinajstić information content (AvgIpc) is 2.90. The zero-order valence-corrected chi connectivity index (χ0v) is 12.1. The third-order valence-electron chi connectivity index (χ3n) is 2.98. The highest BCUT2D eigenvalue weighted by molar-refractivity contribution is 7.18. The average molecular weight is 282 g/mol. The lowest BCUT2D eigenvalue weighted by molar-refractivity contribution is 1.25. The van der Waals surface area contributed by atoms with Crippen LogP contribution in [0, 0.1) is 6.92 Å². The molecule has 100 valence electrons. The summed E-state index contributed by atoms with van der Waals surface area (Å²) >= 11 is 1.68. The van der Waals surface area contributed by atoms with E-state index in [9.17, 15) is 0 Å². The summed E-state index contributed by atoms with van der Waals surface area (Å²) in [7, 11) is 1.87. The zero-order chi connectivity index (χ0) is 13.9. The maximum Gasteiger partial charge on any atom is 0.126 e. The summed E-state index contributed by atoms with van der Waals surface area (Å²) in [5.74, 6) is 0.859. The molecule has 3 rings (SSSR count). The number of hydrogen-bond acceptors (Lipinski definition) is 5. The van der Waals surface area contributed by atoms with E-state index in [-0.39, 0.29) is 0 Å². The number of nitrogens with zero attached hydrogens (tertiary/aromatic N) is 3. The van der Waals surface area contributed by atoms with Crippen LogP contribution in [-0.2, 0) is 0 Å². The molecule has 0 aliphatic heterocycles. The molecule has 0 saturated heterocycles. The Bertz CT molecular complexity index is 722. The predicted molar refractivity (Wildman–Crippen MR) is 82.9 cm³/mol. The van der Waals surface area contributed by atoms with Gasteiger partial charge in [0.1, 0.15) is 10.8 Å². The number of thiazole rings is 1. The number of hydrogen-bond donors (Lipinski definition) is 1. The van der Waals surface area contributed by atoms with Gasteiger partial charge in [-0.25, -0.2) is 9.97 Å². The highest BCUT2D eigenvalue weighted by Crippen LogP contribution is 2.35. The van der Waals surface area contributed by atoms with Crippen molar-refractivity contribution in [1.29, 1.82) is 0 Å². The summed E-state index contributed by atoms with van der Waals surface area (Å²) in [5.41, 5.74) is 3.21. The largest absolute Gasteiger partial charge is 0.373 e. The molecule has 0 spiro atoms. The molecule has 0 radical (unpaired) electrons. The lowest BCUT2D eigenvalue weighted by Gasteiger charge is -2.02. The van der Waals surface area contributed by atoms with Gasteiger partial charge in [-0.05, 0) is 36.8 Å². The molecule has 0 saturated carbocycles. The Morgan fingerprint density at radius 3 is 2.80 bits per heavy atom. The van der Waals surface area contributed by atoms with Crippen LogP contribution >= 0.6 is 11.3 Å². The summed E-state index contributed by atoms with van der Waals surface area (Å²) < 4.78 is 0. The fourth-order valence-corrected chi connectivity index (χ4v) is 3.04. The molecule has 0 bridgehead atoms. The Balaban J connectivity index is 2.05. The molecule has 4 nitrogen and oxygen atoms in total. The molecule has 1 N–H and O–H groups in total. The maximum atomic E-state index is 4.65. The van der Waals surface area contributed by atoms with Crippen molar-refractivity contribution in [3.8, 4) is 21.0 Å². The second-order valence-corrected chi connectivity index (χ2v) is 5.35. The van der Waals surface area contributed by atoms with E-state index in [4.69, 9.17) is 0 Å². The van der Waals surface area contributed by atoms with E-state index in [1.165, 1.54) is 4.88 Å². The van der Waals surface area contributed by atoms with E-state index in [2.05, 4.69) is 20.3 Å². The fraction of sp³-hybridized carbons (Fsp3) is 0.133. The van der Waals surface area contributed by atoms with Gasteiger partial charge in [0.15, 0.2) is 0 Å². The zero-order valence-electron chi connectivity index (χ0n) is 11.3. The first-order valence-corrected chi connectivity index (χ1v) is 7.11. The molecular formula is C15H14N4S. The molecule has 3 heterocycles. The quantitative estimate of drug-likeness (QED) is 0.797. The molecule has 5 heteroatoms. The van der Waals surface area contributed by atoms with E-state index in [1.807, 2.05) is 50.6 Å². The Labute approximate surface area is 121 Å². The van der Waals surface area contributed by atoms with Crippen molar-refractivity contribution in [1.82, 2.24) is 15.0 Å². The first kappa shape index (κ1) is 12.7. The summed E-state index contributed by atoms with van der Waals surface area (Å²) in [5, 5.41) is 4.05. The van der Waals surface area contributed by atoms with Gasteiger partial charge in [0.25, 0.3) is 0 Å². The minimum absolute atomic E-state index is 0.859. The van der Waals surface area contributed by atoms with Crippen LogP contribution in [0.2, 0.25) is 0 Å². The summed E-state index contributed by atoms with van der Waals surface area (Å²) in [6.45, 7) is 2.03. The number of pyridine rings is 2. The predicted octanol–water partition coefficient (Wildman–Crippen LogP) is 3.62. The van der Waals surface area contributed by atoms with Crippen molar-refractivity contribution < 1.29 is 0 Å². The Morgan fingerprint density at radius 2 is 2.05 bits per heavy atom. The van der Waals surface area contributed by atoms with Crippen LogP contribution < -0.4 is 5.32 Å². The molecule has 3 aromatic rings. The number of aryl methyl sites for hydroxylation is 1. The van der Waals surface area contributed by atoms with Gasteiger partial charge in [0.05, 0.1) is 10.6 Å². The molecular weight excluding hydrogens is 268 g/mol. The summed E-state index contributed by atoms with van der Waals surface area (Å²) in [6, 6.07) is 8.00. The topological polar surface area (TPSA) is 50.7 Å². The van der Waals surface area contributed by atoms with Crippen LogP contribution in [0.4, 0.5) is 5.82 Å². The van der Waals surface area contributed by atoms with Gasteiger partial charge >= 0.3 is 0 Å². The Kier molecular flexibility index (Phi) is 3.43. The molecule has 0 aliphatic rings. The second-order valence-electron chi connectivity index (χ2n) is 4.36. The van der Waals surface area contributed by atoms with Crippen LogP contribution in [-0.4, -0.2) is 22.0 Å². The molecule has 0 aromatic carbocycles. The summed E-state index contributed by atoms with van der Waals surface area (Å²) in [4.78, 5) is 14.2. The van der Waals surface area contributed by atoms with Gasteiger partial charge in [-0.15, -0.1) is 11.3 Å².